The number of nitrogens with zero attached hydrogens (tertiary/aromatic N) is 3. The average molecular weight is 228 g/mol. The van der Waals surface area contributed by atoms with E-state index >= 15 is 0 Å². The lowest BCUT2D eigenvalue weighted by atomic mass is 10.1. The van der Waals surface area contributed by atoms with Gasteiger partial charge in [-0.1, -0.05) is 23.8 Å². The molecule has 2 N–H and O–H groups in total. The molecule has 0 amide bonds. The van der Waals surface area contributed by atoms with Gasteiger partial charge in [0, 0.05) is 5.56 Å². The first-order valence-electron chi connectivity index (χ1n) is 5.59. The van der Waals surface area contributed by atoms with Gasteiger partial charge >= 0.3 is 0 Å². The molecule has 0 unspecified atom stereocenters. The van der Waals surface area contributed by atoms with E-state index in [0.29, 0.717) is 24.0 Å². The molecule has 0 radical (unpaired) electrons. The highest BCUT2D eigenvalue weighted by Crippen LogP contribution is 2.20. The molecule has 4 nitrogen and oxygen atoms in total. The first-order valence-corrected chi connectivity index (χ1v) is 5.59. The van der Waals surface area contributed by atoms with Crippen LogP contribution in [0, 0.1) is 20.8 Å². The van der Waals surface area contributed by atoms with Crippen LogP contribution in [-0.2, 0) is 6.54 Å². The van der Waals surface area contributed by atoms with E-state index < -0.39 is 0 Å². The van der Waals surface area contributed by atoms with Crippen molar-refractivity contribution in [3.63, 3.8) is 0 Å². The molecule has 0 saturated heterocycles. The second kappa shape index (κ2) is 4.59. The summed E-state index contributed by atoms with van der Waals surface area (Å²) in [6, 6.07) is 6.22. The second-order valence-electron chi connectivity index (χ2n) is 4.14. The van der Waals surface area contributed by atoms with Crippen LogP contribution in [0.15, 0.2) is 18.2 Å². The molecule has 0 saturated carbocycles. The Morgan fingerprint density at radius 1 is 1.06 bits per heavy atom. The molecular weight excluding hydrogens is 212 g/mol. The molecule has 1 aromatic heterocycles. The number of aryl methyl sites for hydroxylation is 3. The lowest BCUT2D eigenvalue weighted by molar-refractivity contribution is 0.851. The maximum Gasteiger partial charge on any atom is 0.163 e. The average Bonchev–Trinajstić information content (AvgIpc) is 2.28. The van der Waals surface area contributed by atoms with Crippen LogP contribution in [0.4, 0.5) is 0 Å². The fourth-order valence-corrected chi connectivity index (χ4v) is 1.81. The van der Waals surface area contributed by atoms with Gasteiger partial charge < -0.3 is 5.73 Å². The van der Waals surface area contributed by atoms with Crippen molar-refractivity contribution in [2.24, 2.45) is 5.73 Å². The molecular formula is C13H16N4. The van der Waals surface area contributed by atoms with Crippen molar-refractivity contribution in [3.05, 3.63) is 41.0 Å². The predicted molar refractivity (Wildman–Crippen MR) is 67.4 cm³/mol. The Balaban J connectivity index is 2.55. The Kier molecular flexibility index (Phi) is 3.15. The summed E-state index contributed by atoms with van der Waals surface area (Å²) in [5.74, 6) is 2.04. The molecule has 0 spiro atoms. The summed E-state index contributed by atoms with van der Waals surface area (Å²) < 4.78 is 0. The smallest absolute Gasteiger partial charge is 0.163 e. The zero-order valence-corrected chi connectivity index (χ0v) is 10.4. The second-order valence-corrected chi connectivity index (χ2v) is 4.14. The maximum atomic E-state index is 5.58. The van der Waals surface area contributed by atoms with Crippen molar-refractivity contribution >= 4 is 0 Å². The van der Waals surface area contributed by atoms with Gasteiger partial charge in [0.15, 0.2) is 5.82 Å². The van der Waals surface area contributed by atoms with Crippen LogP contribution in [-0.4, -0.2) is 15.0 Å². The molecule has 17 heavy (non-hydrogen) atoms. The van der Waals surface area contributed by atoms with E-state index in [1.807, 2.05) is 13.0 Å². The third kappa shape index (κ3) is 2.47. The SMILES string of the molecule is Cc1ccc(-c2nc(C)nc(CN)n2)c(C)c1. The van der Waals surface area contributed by atoms with Gasteiger partial charge in [0.25, 0.3) is 0 Å². The molecule has 1 aromatic carbocycles. The Morgan fingerprint density at radius 2 is 1.82 bits per heavy atom. The first kappa shape index (κ1) is 11.7. The minimum atomic E-state index is 0.335. The van der Waals surface area contributed by atoms with E-state index in [1.54, 1.807) is 0 Å². The van der Waals surface area contributed by atoms with Gasteiger partial charge in [-0.25, -0.2) is 15.0 Å². The Hall–Kier alpha value is -1.81. The summed E-state index contributed by atoms with van der Waals surface area (Å²) in [7, 11) is 0. The highest BCUT2D eigenvalue weighted by atomic mass is 15.0. The van der Waals surface area contributed by atoms with Crippen molar-refractivity contribution in [1.82, 2.24) is 15.0 Å². The predicted octanol–water partition coefficient (Wildman–Crippen LogP) is 1.92. The molecule has 2 aromatic rings. The quantitative estimate of drug-likeness (QED) is 0.853. The van der Waals surface area contributed by atoms with Crippen molar-refractivity contribution in [1.29, 1.82) is 0 Å². The summed E-state index contributed by atoms with van der Waals surface area (Å²) in [5.41, 5.74) is 9.01. The molecule has 0 atom stereocenters. The van der Waals surface area contributed by atoms with Gasteiger partial charge in [0.1, 0.15) is 11.6 Å². The molecule has 4 heteroatoms. The van der Waals surface area contributed by atoms with Crippen molar-refractivity contribution < 1.29 is 0 Å². The van der Waals surface area contributed by atoms with Gasteiger partial charge in [0.05, 0.1) is 6.54 Å². The minimum absolute atomic E-state index is 0.335. The van der Waals surface area contributed by atoms with Gasteiger partial charge in [-0.2, -0.15) is 0 Å². The molecule has 0 bridgehead atoms. The summed E-state index contributed by atoms with van der Waals surface area (Å²) in [6.45, 7) is 6.32. The van der Waals surface area contributed by atoms with Crippen molar-refractivity contribution in [2.75, 3.05) is 0 Å². The van der Waals surface area contributed by atoms with E-state index in [0.717, 1.165) is 5.56 Å². The van der Waals surface area contributed by atoms with Crippen LogP contribution in [0.5, 0.6) is 0 Å². The van der Waals surface area contributed by atoms with E-state index in [-0.39, 0.29) is 0 Å². The van der Waals surface area contributed by atoms with Crippen LogP contribution in [0.3, 0.4) is 0 Å². The number of rotatable bonds is 2. The zero-order valence-electron chi connectivity index (χ0n) is 10.4. The molecule has 1 heterocycles. The monoisotopic (exact) mass is 228 g/mol. The van der Waals surface area contributed by atoms with E-state index in [9.17, 15) is 0 Å². The highest BCUT2D eigenvalue weighted by Gasteiger charge is 2.08. The lowest BCUT2D eigenvalue weighted by Gasteiger charge is -2.07. The standard InChI is InChI=1S/C13H16N4/c1-8-4-5-11(9(2)6-8)13-16-10(3)15-12(7-14)17-13/h4-6H,7,14H2,1-3H3. The summed E-state index contributed by atoms with van der Waals surface area (Å²) >= 11 is 0. The molecule has 88 valence electrons. The lowest BCUT2D eigenvalue weighted by Crippen LogP contribution is -2.07. The third-order valence-electron chi connectivity index (χ3n) is 2.60. The van der Waals surface area contributed by atoms with Crippen LogP contribution in [0.25, 0.3) is 11.4 Å². The number of aromatic nitrogens is 3. The third-order valence-corrected chi connectivity index (χ3v) is 2.60. The van der Waals surface area contributed by atoms with Gasteiger partial charge in [-0.3, -0.25) is 0 Å². The molecule has 2 rings (SSSR count). The molecule has 0 fully saturated rings. The topological polar surface area (TPSA) is 64.7 Å². The van der Waals surface area contributed by atoms with Crippen LogP contribution < -0.4 is 5.73 Å². The van der Waals surface area contributed by atoms with Gasteiger partial charge in [-0.15, -0.1) is 0 Å². The summed E-state index contributed by atoms with van der Waals surface area (Å²) in [6.07, 6.45) is 0. The number of benzene rings is 1. The van der Waals surface area contributed by atoms with Crippen LogP contribution >= 0.6 is 0 Å². The number of hydrogen-bond donors (Lipinski definition) is 1. The molecule has 0 aliphatic carbocycles. The van der Waals surface area contributed by atoms with Crippen molar-refractivity contribution in [2.45, 2.75) is 27.3 Å². The van der Waals surface area contributed by atoms with Crippen molar-refractivity contribution in [3.8, 4) is 11.4 Å². The Bertz CT molecular complexity index is 549. The fourth-order valence-electron chi connectivity index (χ4n) is 1.81. The van der Waals surface area contributed by atoms with E-state index in [2.05, 4.69) is 40.9 Å². The molecule has 0 aliphatic rings. The number of nitrogens with two attached hydrogens (primary N) is 1. The zero-order chi connectivity index (χ0) is 12.4. The Morgan fingerprint density at radius 3 is 2.47 bits per heavy atom. The minimum Gasteiger partial charge on any atom is -0.324 e. The maximum absolute atomic E-state index is 5.58. The largest absolute Gasteiger partial charge is 0.324 e. The fraction of sp³-hybridized carbons (Fsp3) is 0.308. The first-order chi connectivity index (χ1) is 8.10. The van der Waals surface area contributed by atoms with Crippen LogP contribution in [0.1, 0.15) is 22.8 Å². The normalized spacial score (nSPS) is 10.6. The number of hydrogen-bond acceptors (Lipinski definition) is 4. The highest BCUT2D eigenvalue weighted by molar-refractivity contribution is 5.60. The van der Waals surface area contributed by atoms with Gasteiger partial charge in [0.2, 0.25) is 0 Å². The summed E-state index contributed by atoms with van der Waals surface area (Å²) in [5, 5.41) is 0. The van der Waals surface area contributed by atoms with Gasteiger partial charge in [-0.05, 0) is 26.3 Å². The van der Waals surface area contributed by atoms with E-state index in [4.69, 9.17) is 5.73 Å². The van der Waals surface area contributed by atoms with Crippen LogP contribution in [0.2, 0.25) is 0 Å². The molecule has 0 aliphatic heterocycles. The Labute approximate surface area is 101 Å². The van der Waals surface area contributed by atoms with E-state index in [1.165, 1.54) is 11.1 Å². The summed E-state index contributed by atoms with van der Waals surface area (Å²) in [4.78, 5) is 12.9.